The Morgan fingerprint density at radius 2 is 2.29 bits per heavy atom. The first-order valence-corrected chi connectivity index (χ1v) is 5.92. The highest BCUT2D eigenvalue weighted by Crippen LogP contribution is 2.39. The number of aromatic nitrogens is 1. The molecule has 0 aliphatic heterocycles. The lowest BCUT2D eigenvalue weighted by molar-refractivity contribution is 0.491. The van der Waals surface area contributed by atoms with Gasteiger partial charge in [0.25, 0.3) is 0 Å². The van der Waals surface area contributed by atoms with Gasteiger partial charge in [-0.15, -0.1) is 11.3 Å². The van der Waals surface area contributed by atoms with Crippen LogP contribution in [0.15, 0.2) is 0 Å². The summed E-state index contributed by atoms with van der Waals surface area (Å²) in [5.41, 5.74) is 4.05. The van der Waals surface area contributed by atoms with E-state index in [1.807, 2.05) is 6.92 Å². The second kappa shape index (κ2) is 3.96. The number of hydrogen-bond donors (Lipinski definition) is 2. The molecule has 1 aliphatic rings. The highest BCUT2D eigenvalue weighted by Gasteiger charge is 2.27. The molecule has 0 aromatic carbocycles. The second-order valence-corrected chi connectivity index (χ2v) is 5.32. The molecule has 1 atom stereocenters. The van der Waals surface area contributed by atoms with Crippen molar-refractivity contribution in [3.05, 3.63) is 15.6 Å². The van der Waals surface area contributed by atoms with Crippen molar-refractivity contribution in [3.8, 4) is 0 Å². The molecule has 1 saturated carbocycles. The fraction of sp³-hybridized carbons (Fsp3) is 0.700. The van der Waals surface area contributed by atoms with E-state index in [4.69, 9.17) is 5.84 Å². The minimum absolute atomic E-state index is 0.314. The van der Waals surface area contributed by atoms with E-state index >= 15 is 0 Å². The Morgan fingerprint density at radius 1 is 1.57 bits per heavy atom. The van der Waals surface area contributed by atoms with Gasteiger partial charge >= 0.3 is 0 Å². The smallest absolute Gasteiger partial charge is 0.0900 e. The number of hydrazine groups is 1. The lowest BCUT2D eigenvalue weighted by Gasteiger charge is -2.13. The first kappa shape index (κ1) is 10.1. The number of nitrogens with two attached hydrogens (primary N) is 1. The third-order valence-electron chi connectivity index (χ3n) is 2.72. The maximum Gasteiger partial charge on any atom is 0.0900 e. The van der Waals surface area contributed by atoms with Gasteiger partial charge < -0.3 is 0 Å². The van der Waals surface area contributed by atoms with Gasteiger partial charge in [-0.2, -0.15) is 0 Å². The Labute approximate surface area is 88.7 Å². The molecule has 0 saturated heterocycles. The van der Waals surface area contributed by atoms with Crippen LogP contribution in [0, 0.1) is 19.8 Å². The van der Waals surface area contributed by atoms with Gasteiger partial charge in [-0.05, 0) is 26.2 Å². The van der Waals surface area contributed by atoms with Crippen LogP contribution in [0.5, 0.6) is 0 Å². The van der Waals surface area contributed by atoms with Crippen LogP contribution >= 0.6 is 11.3 Å². The topological polar surface area (TPSA) is 50.9 Å². The molecule has 14 heavy (non-hydrogen) atoms. The highest BCUT2D eigenvalue weighted by atomic mass is 32.1. The van der Waals surface area contributed by atoms with Crippen molar-refractivity contribution >= 4 is 11.3 Å². The molecule has 3 N–H and O–H groups in total. The molecular formula is C10H17N3S. The summed E-state index contributed by atoms with van der Waals surface area (Å²) in [6.45, 7) is 4.11. The summed E-state index contributed by atoms with van der Waals surface area (Å²) in [7, 11) is 0. The fourth-order valence-corrected chi connectivity index (χ4v) is 2.81. The maximum atomic E-state index is 5.59. The standard InChI is InChI=1S/C10H17N3S/c1-6-10(14-7(2)12-6)9(13-11)5-8-3-4-8/h8-9,13H,3-5,11H2,1-2H3. The number of thiazole rings is 1. The van der Waals surface area contributed by atoms with E-state index < -0.39 is 0 Å². The first-order chi connectivity index (χ1) is 6.70. The SMILES string of the molecule is Cc1nc(C)c(C(CC2CC2)NN)s1. The molecule has 0 amide bonds. The van der Waals surface area contributed by atoms with Gasteiger partial charge in [-0.1, -0.05) is 12.8 Å². The Balaban J connectivity index is 2.12. The molecule has 1 heterocycles. The van der Waals surface area contributed by atoms with Crippen molar-refractivity contribution in [2.75, 3.05) is 0 Å². The molecule has 1 aliphatic carbocycles. The Kier molecular flexibility index (Phi) is 2.85. The molecule has 2 rings (SSSR count). The average molecular weight is 211 g/mol. The number of hydrogen-bond acceptors (Lipinski definition) is 4. The highest BCUT2D eigenvalue weighted by molar-refractivity contribution is 7.11. The summed E-state index contributed by atoms with van der Waals surface area (Å²) in [6, 6.07) is 0.314. The number of aryl methyl sites for hydroxylation is 2. The quantitative estimate of drug-likeness (QED) is 0.592. The van der Waals surface area contributed by atoms with Crippen LogP contribution in [0.4, 0.5) is 0 Å². The molecular weight excluding hydrogens is 194 g/mol. The number of rotatable bonds is 4. The van der Waals surface area contributed by atoms with Crippen molar-refractivity contribution in [1.29, 1.82) is 0 Å². The van der Waals surface area contributed by atoms with Crippen molar-refractivity contribution in [1.82, 2.24) is 10.4 Å². The van der Waals surface area contributed by atoms with Crippen LogP contribution in [0.25, 0.3) is 0 Å². The third-order valence-corrected chi connectivity index (χ3v) is 3.91. The van der Waals surface area contributed by atoms with Gasteiger partial charge in [0.2, 0.25) is 0 Å². The van der Waals surface area contributed by atoms with Crippen LogP contribution in [0.1, 0.15) is 40.9 Å². The van der Waals surface area contributed by atoms with Gasteiger partial charge in [-0.3, -0.25) is 11.3 Å². The van der Waals surface area contributed by atoms with Gasteiger partial charge in [0.05, 0.1) is 16.7 Å². The zero-order valence-corrected chi connectivity index (χ0v) is 9.53. The molecule has 0 bridgehead atoms. The first-order valence-electron chi connectivity index (χ1n) is 5.10. The van der Waals surface area contributed by atoms with E-state index in [1.165, 1.54) is 24.1 Å². The molecule has 4 heteroatoms. The zero-order chi connectivity index (χ0) is 10.1. The summed E-state index contributed by atoms with van der Waals surface area (Å²) in [5.74, 6) is 6.47. The zero-order valence-electron chi connectivity index (χ0n) is 8.71. The molecule has 1 aromatic heterocycles. The third kappa shape index (κ3) is 2.13. The van der Waals surface area contributed by atoms with E-state index in [2.05, 4.69) is 17.3 Å². The lowest BCUT2D eigenvalue weighted by Crippen LogP contribution is -2.28. The van der Waals surface area contributed by atoms with E-state index in [-0.39, 0.29) is 0 Å². The van der Waals surface area contributed by atoms with Gasteiger partial charge in [-0.25, -0.2) is 4.98 Å². The minimum atomic E-state index is 0.314. The largest absolute Gasteiger partial charge is 0.271 e. The van der Waals surface area contributed by atoms with Gasteiger partial charge in [0.1, 0.15) is 0 Å². The van der Waals surface area contributed by atoms with Gasteiger partial charge in [0, 0.05) is 4.88 Å². The van der Waals surface area contributed by atoms with Crippen molar-refractivity contribution in [3.63, 3.8) is 0 Å². The van der Waals surface area contributed by atoms with E-state index in [1.54, 1.807) is 11.3 Å². The number of nitrogens with zero attached hydrogens (tertiary/aromatic N) is 1. The van der Waals surface area contributed by atoms with Crippen LogP contribution in [-0.4, -0.2) is 4.98 Å². The van der Waals surface area contributed by atoms with Crippen LogP contribution in [0.2, 0.25) is 0 Å². The van der Waals surface area contributed by atoms with Gasteiger partial charge in [0.15, 0.2) is 0 Å². The van der Waals surface area contributed by atoms with E-state index in [0.717, 1.165) is 16.6 Å². The lowest BCUT2D eigenvalue weighted by atomic mass is 10.1. The Hall–Kier alpha value is -0.450. The summed E-state index contributed by atoms with van der Waals surface area (Å²) in [6.07, 6.45) is 3.91. The average Bonchev–Trinajstić information content (AvgIpc) is 2.89. The summed E-state index contributed by atoms with van der Waals surface area (Å²) >= 11 is 1.76. The Morgan fingerprint density at radius 3 is 2.71 bits per heavy atom. The predicted molar refractivity (Wildman–Crippen MR) is 59.0 cm³/mol. The van der Waals surface area contributed by atoms with Crippen molar-refractivity contribution in [2.45, 2.75) is 39.2 Å². The minimum Gasteiger partial charge on any atom is -0.271 e. The number of nitrogens with one attached hydrogen (secondary N) is 1. The molecule has 0 spiro atoms. The van der Waals surface area contributed by atoms with Crippen molar-refractivity contribution < 1.29 is 0 Å². The van der Waals surface area contributed by atoms with Crippen molar-refractivity contribution in [2.24, 2.45) is 11.8 Å². The van der Waals surface area contributed by atoms with E-state index in [0.29, 0.717) is 6.04 Å². The van der Waals surface area contributed by atoms with Crippen LogP contribution in [0.3, 0.4) is 0 Å². The monoisotopic (exact) mass is 211 g/mol. The fourth-order valence-electron chi connectivity index (χ4n) is 1.81. The second-order valence-electron chi connectivity index (χ2n) is 4.08. The predicted octanol–water partition coefficient (Wildman–Crippen LogP) is 2.06. The van der Waals surface area contributed by atoms with Crippen LogP contribution < -0.4 is 11.3 Å². The summed E-state index contributed by atoms with van der Waals surface area (Å²) < 4.78 is 0. The summed E-state index contributed by atoms with van der Waals surface area (Å²) in [4.78, 5) is 5.75. The van der Waals surface area contributed by atoms with E-state index in [9.17, 15) is 0 Å². The molecule has 1 unspecified atom stereocenters. The molecule has 3 nitrogen and oxygen atoms in total. The summed E-state index contributed by atoms with van der Waals surface area (Å²) in [5, 5.41) is 1.13. The normalized spacial score (nSPS) is 18.5. The molecule has 0 radical (unpaired) electrons. The van der Waals surface area contributed by atoms with Crippen LogP contribution in [-0.2, 0) is 0 Å². The molecule has 1 fully saturated rings. The maximum absolute atomic E-state index is 5.59. The molecule has 78 valence electrons. The molecule has 1 aromatic rings. The Bertz CT molecular complexity index is 317.